The molecule has 594 valence electrons. The molecule has 0 aliphatic rings. The number of primary amides is 1. The largest absolute Gasteiger partial charge is 0.508 e. The van der Waals surface area contributed by atoms with Gasteiger partial charge in [-0.25, -0.2) is 0 Å². The summed E-state index contributed by atoms with van der Waals surface area (Å²) in [5, 5.41) is 53.9. The highest BCUT2D eigenvalue weighted by atomic mass is 16.3. The maximum atomic E-state index is 14.0. The number of phenols is 1. The van der Waals surface area contributed by atoms with Crippen molar-refractivity contribution in [3.63, 3.8) is 0 Å². The number of aliphatic hydroxyl groups is 1. The first-order valence-corrected chi connectivity index (χ1v) is 36.4. The molecule has 0 aliphatic heterocycles. The van der Waals surface area contributed by atoms with Gasteiger partial charge in [-0.15, -0.1) is 0 Å². The average molecular weight is 1500 g/mol. The summed E-state index contributed by atoms with van der Waals surface area (Å²) >= 11 is 0. The number of carbonyl (C=O) groups is 14. The van der Waals surface area contributed by atoms with Crippen molar-refractivity contribution in [2.45, 2.75) is 199 Å². The number of carbonyl (C=O) groups excluding carboxylic acids is 14. The van der Waals surface area contributed by atoms with Crippen LogP contribution in [0.1, 0.15) is 148 Å². The van der Waals surface area contributed by atoms with E-state index in [-0.39, 0.29) is 119 Å². The molecule has 2 aromatic carbocycles. The predicted molar refractivity (Wildman–Crippen MR) is 399 cm³/mol. The molecule has 36 nitrogen and oxygen atoms in total. The highest BCUT2D eigenvalue weighted by molar-refractivity contribution is 5.97. The summed E-state index contributed by atoms with van der Waals surface area (Å²) in [6.45, 7) is 7.27. The van der Waals surface area contributed by atoms with Crippen LogP contribution in [0.4, 0.5) is 0 Å². The zero-order valence-corrected chi connectivity index (χ0v) is 62.0. The number of guanidine groups is 1. The summed E-state index contributed by atoms with van der Waals surface area (Å²) in [4.78, 5) is 189. The standard InChI is InChI=1S/C71H114N20O16/c1-42(2)33-53(68(105)90-54(34-43(3)4)69(106)91-56(41-92)63(74)100)87-62(99)40-83-60(97)38-84-64(101)44(5)85-67(104)52(20-16-32-80-71(75)76)86-61(98)39-82-59(96)23-10-14-30-78-57(94)21-9-13-29-77-58(95)22-11-15-31-79-66(103)51(19-8-12-28-72)88-70(107)55(35-45-24-26-47(93)27-25-45)89-65(102)49(73)36-46-37-81-50-18-7-6-17-48(46)50/h6-7,17-18,24-27,37,42-44,49,51-56,81,92-93H,8-16,19-23,28-36,38-41,72-73H2,1-5H3,(H2,74,100)(H,77,95)(H,78,94)(H,79,103)(H,82,96)(H,83,97)(H,84,101)(H,85,104)(H,86,98)(H,87,99)(H,88,107)(H,89,102)(H,90,105)(H,91,106)(H4,75,76,80)/t44-,49-,51-,52-,53-,54-,55-,56-/m0/s1. The molecule has 0 saturated heterocycles. The highest BCUT2D eigenvalue weighted by Gasteiger charge is 2.32. The minimum absolute atomic E-state index is 0.00247. The van der Waals surface area contributed by atoms with Crippen molar-refractivity contribution in [3.05, 3.63) is 65.9 Å². The number of unbranched alkanes of at least 4 members (excludes halogenated alkanes) is 4. The fourth-order valence-electron chi connectivity index (χ4n) is 10.8. The Bertz CT molecular complexity index is 3420. The second kappa shape index (κ2) is 50.1. The third-order valence-electron chi connectivity index (χ3n) is 16.7. The topological polar surface area (TPSA) is 594 Å². The molecular weight excluding hydrogens is 1390 g/mol. The summed E-state index contributed by atoms with van der Waals surface area (Å²) in [6, 6.07) is 4.52. The minimum atomic E-state index is -1.39. The molecule has 0 fully saturated rings. The third kappa shape index (κ3) is 37.9. The zero-order valence-electron chi connectivity index (χ0n) is 62.0. The van der Waals surface area contributed by atoms with Crippen LogP contribution in [0.15, 0.2) is 59.7 Å². The Balaban J connectivity index is 1.34. The van der Waals surface area contributed by atoms with E-state index in [2.05, 4.69) is 79.1 Å². The number of fused-ring (bicyclic) bond motifs is 1. The molecule has 3 rings (SSSR count). The van der Waals surface area contributed by atoms with Crippen LogP contribution in [0, 0.1) is 11.8 Å². The highest BCUT2D eigenvalue weighted by Crippen LogP contribution is 2.20. The van der Waals surface area contributed by atoms with Gasteiger partial charge < -0.3 is 113 Å². The van der Waals surface area contributed by atoms with Gasteiger partial charge in [-0.1, -0.05) is 58.0 Å². The van der Waals surface area contributed by atoms with Crippen LogP contribution < -0.4 is 97.8 Å². The molecule has 0 radical (unpaired) electrons. The van der Waals surface area contributed by atoms with Crippen LogP contribution in [0.5, 0.6) is 5.75 Å². The number of aliphatic imine (C=N–C) groups is 1. The van der Waals surface area contributed by atoms with Gasteiger partial charge in [0, 0.05) is 69.0 Å². The first-order chi connectivity index (χ1) is 50.9. The Morgan fingerprint density at radius 2 is 0.935 bits per heavy atom. The van der Waals surface area contributed by atoms with Crippen molar-refractivity contribution >= 4 is 99.6 Å². The number of aromatic amines is 1. The Morgan fingerprint density at radius 3 is 1.50 bits per heavy atom. The first-order valence-electron chi connectivity index (χ1n) is 36.4. The Hall–Kier alpha value is -10.5. The predicted octanol–water partition coefficient (Wildman–Crippen LogP) is -3.64. The van der Waals surface area contributed by atoms with Gasteiger partial charge in [-0.2, -0.15) is 0 Å². The molecule has 107 heavy (non-hydrogen) atoms. The number of aromatic nitrogens is 1. The second-order valence-corrected chi connectivity index (χ2v) is 27.0. The molecule has 1 aromatic heterocycles. The average Bonchev–Trinajstić information content (AvgIpc) is 1.77. The molecule has 8 atom stereocenters. The van der Waals surface area contributed by atoms with Crippen molar-refractivity contribution in [2.24, 2.45) is 45.5 Å². The van der Waals surface area contributed by atoms with E-state index >= 15 is 0 Å². The van der Waals surface area contributed by atoms with E-state index in [1.807, 2.05) is 24.3 Å². The number of aliphatic hydroxyl groups excluding tert-OH is 1. The molecule has 0 saturated carbocycles. The molecule has 26 N–H and O–H groups in total. The summed E-state index contributed by atoms with van der Waals surface area (Å²) in [7, 11) is 0. The number of amides is 14. The molecule has 0 unspecified atom stereocenters. The van der Waals surface area contributed by atoms with Crippen molar-refractivity contribution in [2.75, 3.05) is 59.0 Å². The van der Waals surface area contributed by atoms with E-state index in [1.54, 1.807) is 46.0 Å². The third-order valence-corrected chi connectivity index (χ3v) is 16.7. The van der Waals surface area contributed by atoms with Gasteiger partial charge in [-0.05, 0) is 145 Å². The van der Waals surface area contributed by atoms with Gasteiger partial charge in [0.05, 0.1) is 32.3 Å². The SMILES string of the molecule is CC(C)C[C@H](NC(=O)CNC(=O)CNC(=O)[C@H](C)NC(=O)[C@H](CCCN=C(N)N)NC(=O)CNC(=O)CCCCNC(=O)CCCCNC(=O)CCCCNC(=O)[C@H](CCCCN)NC(=O)[C@H](Cc1ccc(O)cc1)NC(=O)[C@@H](N)Cc1c[nH]c2ccccc12)C(=O)N[C@@H](CC(C)C)C(=O)N[C@@H](CO)C(N)=O. The van der Waals surface area contributed by atoms with E-state index < -0.39 is 145 Å². The zero-order chi connectivity index (χ0) is 79.4. The number of rotatable bonds is 53. The van der Waals surface area contributed by atoms with E-state index in [9.17, 15) is 77.3 Å². The lowest BCUT2D eigenvalue weighted by Crippen LogP contribution is -2.58. The maximum Gasteiger partial charge on any atom is 0.243 e. The summed E-state index contributed by atoms with van der Waals surface area (Å²) in [5.41, 5.74) is 30.6. The first kappa shape index (κ1) is 90.7. The normalized spacial score (nSPS) is 13.3. The van der Waals surface area contributed by atoms with E-state index in [4.69, 9.17) is 28.7 Å². The van der Waals surface area contributed by atoms with Crippen molar-refractivity contribution in [1.29, 1.82) is 0 Å². The smallest absolute Gasteiger partial charge is 0.243 e. The molecule has 14 amide bonds. The number of benzene rings is 2. The molecular formula is C71H114N20O16. The number of nitrogens with two attached hydrogens (primary N) is 5. The number of hydrogen-bond acceptors (Lipinski definition) is 19. The van der Waals surface area contributed by atoms with Crippen LogP contribution in [0.2, 0.25) is 0 Å². The summed E-state index contributed by atoms with van der Waals surface area (Å²) in [6.07, 6.45) is 7.07. The quantitative estimate of drug-likeness (QED) is 0.0147. The van der Waals surface area contributed by atoms with Crippen molar-refractivity contribution in [1.82, 2.24) is 74.1 Å². The van der Waals surface area contributed by atoms with Crippen LogP contribution in [-0.4, -0.2) is 211 Å². The van der Waals surface area contributed by atoms with Gasteiger partial charge in [-0.3, -0.25) is 72.1 Å². The number of para-hydroxylation sites is 1. The van der Waals surface area contributed by atoms with Crippen LogP contribution >= 0.6 is 0 Å². The van der Waals surface area contributed by atoms with Crippen LogP contribution in [0.3, 0.4) is 0 Å². The van der Waals surface area contributed by atoms with E-state index in [0.29, 0.717) is 70.0 Å². The molecule has 36 heteroatoms. The molecule has 1 heterocycles. The summed E-state index contributed by atoms with van der Waals surface area (Å²) < 4.78 is 0. The lowest BCUT2D eigenvalue weighted by molar-refractivity contribution is -0.134. The van der Waals surface area contributed by atoms with Crippen LogP contribution in [-0.2, 0) is 80.0 Å². The van der Waals surface area contributed by atoms with Gasteiger partial charge in [0.1, 0.15) is 48.0 Å². The fourth-order valence-corrected chi connectivity index (χ4v) is 10.8. The number of hydrogen-bond donors (Lipinski definition) is 21. The van der Waals surface area contributed by atoms with Crippen molar-refractivity contribution < 1.29 is 77.3 Å². The van der Waals surface area contributed by atoms with Crippen LogP contribution in [0.25, 0.3) is 10.9 Å². The molecule has 0 spiro atoms. The number of phenolic OH excluding ortho intramolecular Hbond substituents is 1. The molecule has 0 aliphatic carbocycles. The minimum Gasteiger partial charge on any atom is -0.508 e. The maximum absolute atomic E-state index is 14.0. The lowest BCUT2D eigenvalue weighted by atomic mass is 10.00. The van der Waals surface area contributed by atoms with Gasteiger partial charge in [0.2, 0.25) is 82.7 Å². The Kier molecular flexibility index (Phi) is 42.5. The number of nitrogens with one attached hydrogen (secondary N) is 14. The van der Waals surface area contributed by atoms with Crippen molar-refractivity contribution in [3.8, 4) is 5.75 Å². The Morgan fingerprint density at radius 1 is 0.458 bits per heavy atom. The summed E-state index contributed by atoms with van der Waals surface area (Å²) in [5.74, 6) is -9.32. The molecule has 0 bridgehead atoms. The number of aromatic hydroxyl groups is 1. The monoisotopic (exact) mass is 1500 g/mol. The number of nitrogens with zero attached hydrogens (tertiary/aromatic N) is 1. The number of H-pyrrole nitrogens is 1. The van der Waals surface area contributed by atoms with Gasteiger partial charge in [0.25, 0.3) is 0 Å². The molecule has 3 aromatic rings. The van der Waals surface area contributed by atoms with Gasteiger partial charge >= 0.3 is 0 Å². The van der Waals surface area contributed by atoms with E-state index in [1.165, 1.54) is 19.1 Å². The van der Waals surface area contributed by atoms with Gasteiger partial charge in [0.15, 0.2) is 5.96 Å². The Labute approximate surface area is 623 Å². The lowest BCUT2D eigenvalue weighted by Gasteiger charge is -2.26. The fraction of sp³-hybridized carbons (Fsp3) is 0.592. The van der Waals surface area contributed by atoms with E-state index in [0.717, 1.165) is 16.5 Å². The second-order valence-electron chi connectivity index (χ2n) is 27.0.